The van der Waals surface area contributed by atoms with Gasteiger partial charge in [-0.15, -0.1) is 0 Å². The summed E-state index contributed by atoms with van der Waals surface area (Å²) in [5.41, 5.74) is 6.65. The summed E-state index contributed by atoms with van der Waals surface area (Å²) in [5.74, 6) is -0.972. The van der Waals surface area contributed by atoms with E-state index >= 15 is 0 Å². The van der Waals surface area contributed by atoms with Gasteiger partial charge in [0.1, 0.15) is 6.04 Å². The maximum atomic E-state index is 11.6. The number of benzene rings is 1. The summed E-state index contributed by atoms with van der Waals surface area (Å²) in [5, 5.41) is 5.33. The summed E-state index contributed by atoms with van der Waals surface area (Å²) in [6.45, 7) is 0. The van der Waals surface area contributed by atoms with Crippen LogP contribution >= 0.6 is 0 Å². The smallest absolute Gasteiger partial charge is 0.249 e. The summed E-state index contributed by atoms with van der Waals surface area (Å²) < 4.78 is 0. The molecule has 1 aromatic carbocycles. The van der Waals surface area contributed by atoms with Gasteiger partial charge in [-0.2, -0.15) is 0 Å². The van der Waals surface area contributed by atoms with Crippen LogP contribution in [0.1, 0.15) is 18.4 Å². The predicted octanol–water partition coefficient (Wildman–Crippen LogP) is -0.0685. The molecule has 100 valence electrons. The van der Waals surface area contributed by atoms with Crippen LogP contribution in [-0.2, 0) is 20.8 Å². The first-order valence-electron chi connectivity index (χ1n) is 6.02. The molecule has 0 radical (unpaired) electrons. The van der Waals surface area contributed by atoms with Gasteiger partial charge in [-0.1, -0.05) is 12.1 Å². The minimum absolute atomic E-state index is 0.158. The standard InChI is InChI=1S/C13H15N3O3/c14-11(17)7-8-2-1-3-9(6-8)15-10-4-5-12(18)16-13(10)19/h1-3,6,10,15H,4-5,7H2,(H2,14,17)(H,16,18,19). The monoisotopic (exact) mass is 261 g/mol. The zero-order valence-corrected chi connectivity index (χ0v) is 10.3. The summed E-state index contributed by atoms with van der Waals surface area (Å²) in [7, 11) is 0. The fraction of sp³-hybridized carbons (Fsp3) is 0.308. The molecule has 0 aliphatic carbocycles. The lowest BCUT2D eigenvalue weighted by molar-refractivity contribution is -0.133. The van der Waals surface area contributed by atoms with Gasteiger partial charge in [0, 0.05) is 12.1 Å². The molecule has 0 bridgehead atoms. The molecule has 1 atom stereocenters. The van der Waals surface area contributed by atoms with Crippen LogP contribution in [-0.4, -0.2) is 23.8 Å². The van der Waals surface area contributed by atoms with Crippen molar-refractivity contribution in [2.45, 2.75) is 25.3 Å². The van der Waals surface area contributed by atoms with Gasteiger partial charge < -0.3 is 11.1 Å². The van der Waals surface area contributed by atoms with Crippen LogP contribution in [0.25, 0.3) is 0 Å². The first kappa shape index (κ1) is 13.1. The number of carbonyl (C=O) groups is 3. The molecule has 4 N–H and O–H groups in total. The maximum Gasteiger partial charge on any atom is 0.249 e. The molecule has 0 aromatic heterocycles. The van der Waals surface area contributed by atoms with Gasteiger partial charge in [-0.05, 0) is 24.1 Å². The molecule has 3 amide bonds. The van der Waals surface area contributed by atoms with Crippen molar-refractivity contribution in [1.82, 2.24) is 5.32 Å². The molecule has 19 heavy (non-hydrogen) atoms. The molecule has 1 heterocycles. The fourth-order valence-electron chi connectivity index (χ4n) is 2.00. The van der Waals surface area contributed by atoms with Crippen molar-refractivity contribution >= 4 is 23.4 Å². The van der Waals surface area contributed by atoms with Crippen LogP contribution in [0.2, 0.25) is 0 Å². The van der Waals surface area contributed by atoms with Crippen molar-refractivity contribution < 1.29 is 14.4 Å². The number of hydrogen-bond acceptors (Lipinski definition) is 4. The quantitative estimate of drug-likeness (QED) is 0.660. The fourth-order valence-corrected chi connectivity index (χ4v) is 2.00. The molecule has 1 aliphatic rings. The number of amides is 3. The lowest BCUT2D eigenvalue weighted by Gasteiger charge is -2.23. The van der Waals surface area contributed by atoms with Crippen LogP contribution in [0.3, 0.4) is 0 Å². The zero-order valence-electron chi connectivity index (χ0n) is 10.3. The average Bonchev–Trinajstić information content (AvgIpc) is 2.32. The van der Waals surface area contributed by atoms with Gasteiger partial charge in [0.15, 0.2) is 0 Å². The number of anilines is 1. The minimum Gasteiger partial charge on any atom is -0.374 e. The number of rotatable bonds is 4. The third kappa shape index (κ3) is 3.54. The first-order valence-corrected chi connectivity index (χ1v) is 6.02. The Hall–Kier alpha value is -2.37. The number of primary amides is 1. The Balaban J connectivity index is 2.04. The number of carbonyl (C=O) groups excluding carboxylic acids is 3. The Morgan fingerprint density at radius 1 is 1.42 bits per heavy atom. The van der Waals surface area contributed by atoms with Crippen LogP contribution in [0.15, 0.2) is 24.3 Å². The van der Waals surface area contributed by atoms with Crippen molar-refractivity contribution in [3.63, 3.8) is 0 Å². The Morgan fingerprint density at radius 2 is 2.21 bits per heavy atom. The molecule has 1 aromatic rings. The highest BCUT2D eigenvalue weighted by atomic mass is 16.2. The first-order chi connectivity index (χ1) is 9.04. The van der Waals surface area contributed by atoms with E-state index in [1.165, 1.54) is 0 Å². The van der Waals surface area contributed by atoms with Crippen LogP contribution in [0.5, 0.6) is 0 Å². The molecule has 0 saturated carbocycles. The number of nitrogens with two attached hydrogens (primary N) is 1. The molecule has 1 aliphatic heterocycles. The highest BCUT2D eigenvalue weighted by Crippen LogP contribution is 2.15. The van der Waals surface area contributed by atoms with Crippen molar-refractivity contribution in [3.05, 3.63) is 29.8 Å². The normalized spacial score (nSPS) is 18.8. The van der Waals surface area contributed by atoms with Crippen molar-refractivity contribution in [2.24, 2.45) is 5.73 Å². The summed E-state index contributed by atoms with van der Waals surface area (Å²) >= 11 is 0. The van der Waals surface area contributed by atoms with E-state index in [1.54, 1.807) is 24.3 Å². The van der Waals surface area contributed by atoms with E-state index in [1.807, 2.05) is 0 Å². The second-order valence-electron chi connectivity index (χ2n) is 4.49. The third-order valence-electron chi connectivity index (χ3n) is 2.89. The summed E-state index contributed by atoms with van der Waals surface area (Å²) in [6.07, 6.45) is 0.944. The summed E-state index contributed by atoms with van der Waals surface area (Å²) in [6, 6.07) is 6.72. The highest BCUT2D eigenvalue weighted by molar-refractivity contribution is 6.01. The Morgan fingerprint density at radius 3 is 2.89 bits per heavy atom. The zero-order chi connectivity index (χ0) is 13.8. The van der Waals surface area contributed by atoms with Gasteiger partial charge >= 0.3 is 0 Å². The van der Waals surface area contributed by atoms with E-state index in [0.717, 1.165) is 11.3 Å². The molecule has 0 spiro atoms. The molecule has 6 nitrogen and oxygen atoms in total. The summed E-state index contributed by atoms with van der Waals surface area (Å²) in [4.78, 5) is 33.5. The van der Waals surface area contributed by atoms with Crippen LogP contribution in [0.4, 0.5) is 5.69 Å². The third-order valence-corrected chi connectivity index (χ3v) is 2.89. The predicted molar refractivity (Wildman–Crippen MR) is 69.1 cm³/mol. The average molecular weight is 261 g/mol. The molecule has 1 unspecified atom stereocenters. The maximum absolute atomic E-state index is 11.6. The molecule has 1 fully saturated rings. The van der Waals surface area contributed by atoms with E-state index in [9.17, 15) is 14.4 Å². The van der Waals surface area contributed by atoms with Gasteiger partial charge in [0.2, 0.25) is 17.7 Å². The van der Waals surface area contributed by atoms with E-state index in [4.69, 9.17) is 5.73 Å². The van der Waals surface area contributed by atoms with E-state index in [2.05, 4.69) is 10.6 Å². The molecular formula is C13H15N3O3. The van der Waals surface area contributed by atoms with Crippen molar-refractivity contribution in [1.29, 1.82) is 0 Å². The molecule has 6 heteroatoms. The SMILES string of the molecule is NC(=O)Cc1cccc(NC2CCC(=O)NC2=O)c1. The van der Waals surface area contributed by atoms with Gasteiger partial charge in [0.25, 0.3) is 0 Å². The van der Waals surface area contributed by atoms with Gasteiger partial charge in [-0.25, -0.2) is 0 Å². The van der Waals surface area contributed by atoms with E-state index < -0.39 is 11.9 Å². The highest BCUT2D eigenvalue weighted by Gasteiger charge is 2.26. The minimum atomic E-state index is -0.429. The molecule has 1 saturated heterocycles. The Kier molecular flexibility index (Phi) is 3.79. The lowest BCUT2D eigenvalue weighted by Crippen LogP contribution is -2.47. The number of hydrogen-bond donors (Lipinski definition) is 3. The largest absolute Gasteiger partial charge is 0.374 e. The molecule has 2 rings (SSSR count). The van der Waals surface area contributed by atoms with Crippen molar-refractivity contribution in [3.8, 4) is 0 Å². The number of nitrogens with one attached hydrogen (secondary N) is 2. The second kappa shape index (κ2) is 5.51. The Bertz CT molecular complexity index is 528. The number of piperidine rings is 1. The van der Waals surface area contributed by atoms with Gasteiger partial charge in [-0.3, -0.25) is 19.7 Å². The van der Waals surface area contributed by atoms with Crippen LogP contribution < -0.4 is 16.4 Å². The topological polar surface area (TPSA) is 101 Å². The Labute approximate surface area is 110 Å². The van der Waals surface area contributed by atoms with Crippen molar-refractivity contribution in [2.75, 3.05) is 5.32 Å². The van der Waals surface area contributed by atoms with E-state index in [0.29, 0.717) is 12.8 Å². The van der Waals surface area contributed by atoms with Crippen LogP contribution in [0, 0.1) is 0 Å². The van der Waals surface area contributed by atoms with E-state index in [-0.39, 0.29) is 18.2 Å². The van der Waals surface area contributed by atoms with Gasteiger partial charge in [0.05, 0.1) is 6.42 Å². The lowest BCUT2D eigenvalue weighted by atomic mass is 10.0. The molecular weight excluding hydrogens is 246 g/mol. The number of imide groups is 1. The second-order valence-corrected chi connectivity index (χ2v) is 4.49.